The molecular formula is C16H13F3N4O. The molecule has 3 aromatic rings. The summed E-state index contributed by atoms with van der Waals surface area (Å²) in [6, 6.07) is 5.44. The van der Waals surface area contributed by atoms with E-state index in [0.717, 1.165) is 5.56 Å². The highest BCUT2D eigenvalue weighted by Crippen LogP contribution is 2.31. The maximum Gasteiger partial charge on any atom is 0.414 e. The molecule has 0 fully saturated rings. The number of hydrogen-bond acceptors (Lipinski definition) is 3. The van der Waals surface area contributed by atoms with Crippen LogP contribution in [0, 0.1) is 6.92 Å². The van der Waals surface area contributed by atoms with Gasteiger partial charge < -0.3 is 9.72 Å². The van der Waals surface area contributed by atoms with Gasteiger partial charge >= 0.3 is 6.18 Å². The van der Waals surface area contributed by atoms with E-state index in [1.807, 2.05) is 12.2 Å². The van der Waals surface area contributed by atoms with Crippen LogP contribution < -0.4 is 5.32 Å². The second-order valence-electron chi connectivity index (χ2n) is 5.30. The Morgan fingerprint density at radius 2 is 2.00 bits per heavy atom. The summed E-state index contributed by atoms with van der Waals surface area (Å²) in [6.07, 6.45) is -0.295. The molecule has 3 rings (SSSR count). The average Bonchev–Trinajstić information content (AvgIpc) is 2.95. The smallest absolute Gasteiger partial charge is 0.334 e. The second kappa shape index (κ2) is 5.95. The number of hydrogen-bond donors (Lipinski definition) is 1. The van der Waals surface area contributed by atoms with Crippen molar-refractivity contribution >= 4 is 11.6 Å². The summed E-state index contributed by atoms with van der Waals surface area (Å²) in [5.74, 6) is -0.913. The van der Waals surface area contributed by atoms with Gasteiger partial charge in [0.25, 0.3) is 5.91 Å². The van der Waals surface area contributed by atoms with Gasteiger partial charge in [0.05, 0.1) is 5.69 Å². The van der Waals surface area contributed by atoms with E-state index < -0.39 is 18.1 Å². The van der Waals surface area contributed by atoms with Gasteiger partial charge in [-0.1, -0.05) is 12.1 Å². The number of imidazole rings is 1. The summed E-state index contributed by atoms with van der Waals surface area (Å²) in [4.78, 5) is 19.9. The Labute approximate surface area is 135 Å². The van der Waals surface area contributed by atoms with Crippen molar-refractivity contribution in [2.24, 2.45) is 0 Å². The molecule has 0 radical (unpaired) electrons. The van der Waals surface area contributed by atoms with Crippen LogP contribution in [0.2, 0.25) is 0 Å². The Hall–Kier alpha value is -2.90. The molecule has 1 N–H and O–H groups in total. The monoisotopic (exact) mass is 334 g/mol. The molecule has 8 heteroatoms. The lowest BCUT2D eigenvalue weighted by Crippen LogP contribution is -2.38. The fourth-order valence-electron chi connectivity index (χ4n) is 2.29. The topological polar surface area (TPSA) is 59.3 Å². The van der Waals surface area contributed by atoms with E-state index >= 15 is 0 Å². The largest absolute Gasteiger partial charge is 0.414 e. The van der Waals surface area contributed by atoms with Gasteiger partial charge in [0.1, 0.15) is 11.3 Å². The maximum atomic E-state index is 13.3. The molecule has 0 spiro atoms. The van der Waals surface area contributed by atoms with Gasteiger partial charge in [-0.15, -0.1) is 0 Å². The first-order valence-electron chi connectivity index (χ1n) is 7.08. The third-order valence-corrected chi connectivity index (χ3v) is 3.42. The van der Waals surface area contributed by atoms with Crippen LogP contribution in [0.15, 0.2) is 48.9 Å². The summed E-state index contributed by atoms with van der Waals surface area (Å²) in [5.41, 5.74) is 1.05. The molecular weight excluding hydrogens is 321 g/mol. The van der Waals surface area contributed by atoms with Crippen LogP contribution in [0.25, 0.3) is 5.65 Å². The van der Waals surface area contributed by atoms with Gasteiger partial charge in [-0.2, -0.15) is 13.2 Å². The van der Waals surface area contributed by atoms with E-state index in [1.54, 1.807) is 22.7 Å². The molecule has 5 nitrogen and oxygen atoms in total. The summed E-state index contributed by atoms with van der Waals surface area (Å²) in [7, 11) is 0. The van der Waals surface area contributed by atoms with Crippen molar-refractivity contribution in [2.75, 3.05) is 0 Å². The van der Waals surface area contributed by atoms with Gasteiger partial charge in [-0.05, 0) is 30.7 Å². The minimum Gasteiger partial charge on any atom is -0.334 e. The van der Waals surface area contributed by atoms with Gasteiger partial charge in [0.2, 0.25) is 0 Å². The number of amides is 1. The fraction of sp³-hybridized carbons (Fsp3) is 0.188. The van der Waals surface area contributed by atoms with Gasteiger partial charge in [-0.25, -0.2) is 4.98 Å². The van der Waals surface area contributed by atoms with Crippen LogP contribution in [-0.4, -0.2) is 26.5 Å². The first-order valence-corrected chi connectivity index (χ1v) is 7.08. The van der Waals surface area contributed by atoms with Crippen molar-refractivity contribution in [1.82, 2.24) is 19.7 Å². The minimum atomic E-state index is -4.67. The lowest BCUT2D eigenvalue weighted by molar-refractivity contribution is -0.156. The van der Waals surface area contributed by atoms with Crippen molar-refractivity contribution in [1.29, 1.82) is 0 Å². The lowest BCUT2D eigenvalue weighted by atomic mass is 10.1. The third kappa shape index (κ3) is 3.22. The van der Waals surface area contributed by atoms with Gasteiger partial charge in [0, 0.05) is 18.6 Å². The standard InChI is InChI=1S/C16H13F3N4O/c1-10-5-6-13-21-12(9-23(13)8-10)15(24)22-14(16(17,18)19)11-4-2-3-7-20-11/h2-9,14H,1H3,(H,22,24)/t14-/m0/s1. The lowest BCUT2D eigenvalue weighted by Gasteiger charge is -2.20. The predicted molar refractivity (Wildman–Crippen MR) is 80.4 cm³/mol. The maximum absolute atomic E-state index is 13.3. The van der Waals surface area contributed by atoms with E-state index in [0.29, 0.717) is 5.65 Å². The molecule has 0 aromatic carbocycles. The summed E-state index contributed by atoms with van der Waals surface area (Å²) >= 11 is 0. The number of nitrogens with one attached hydrogen (secondary N) is 1. The number of carbonyl (C=O) groups is 1. The zero-order valence-corrected chi connectivity index (χ0v) is 12.6. The minimum absolute atomic E-state index is 0.0919. The number of pyridine rings is 2. The van der Waals surface area contributed by atoms with E-state index in [9.17, 15) is 18.0 Å². The number of aryl methyl sites for hydroxylation is 1. The van der Waals surface area contributed by atoms with Crippen LogP contribution in [0.1, 0.15) is 27.8 Å². The third-order valence-electron chi connectivity index (χ3n) is 3.42. The highest BCUT2D eigenvalue weighted by molar-refractivity contribution is 5.93. The average molecular weight is 334 g/mol. The number of aromatic nitrogens is 3. The molecule has 0 unspecified atom stereocenters. The number of alkyl halides is 3. The molecule has 1 amide bonds. The molecule has 124 valence electrons. The predicted octanol–water partition coefficient (Wildman–Crippen LogP) is 3.07. The Balaban J connectivity index is 1.90. The van der Waals surface area contributed by atoms with Crippen molar-refractivity contribution in [3.63, 3.8) is 0 Å². The van der Waals surface area contributed by atoms with Crippen molar-refractivity contribution in [3.8, 4) is 0 Å². The molecule has 0 saturated heterocycles. The van der Waals surface area contributed by atoms with Gasteiger partial charge in [0.15, 0.2) is 6.04 Å². The number of halogens is 3. The molecule has 0 aliphatic carbocycles. The second-order valence-corrected chi connectivity index (χ2v) is 5.30. The van der Waals surface area contributed by atoms with Crippen LogP contribution in [0.4, 0.5) is 13.2 Å². The van der Waals surface area contributed by atoms with Crippen molar-refractivity contribution in [2.45, 2.75) is 19.1 Å². The van der Waals surface area contributed by atoms with Gasteiger partial charge in [-0.3, -0.25) is 9.78 Å². The Morgan fingerprint density at radius 3 is 2.67 bits per heavy atom. The van der Waals surface area contributed by atoms with E-state index in [4.69, 9.17) is 0 Å². The number of carbonyl (C=O) groups excluding carboxylic acids is 1. The quantitative estimate of drug-likeness (QED) is 0.801. The van der Waals surface area contributed by atoms with Crippen LogP contribution in [0.5, 0.6) is 0 Å². The zero-order valence-electron chi connectivity index (χ0n) is 12.6. The highest BCUT2D eigenvalue weighted by atomic mass is 19.4. The van der Waals surface area contributed by atoms with E-state index in [-0.39, 0.29) is 11.4 Å². The normalized spacial score (nSPS) is 13.0. The molecule has 1 atom stereocenters. The molecule has 0 bridgehead atoms. The van der Waals surface area contributed by atoms with Crippen LogP contribution >= 0.6 is 0 Å². The number of rotatable bonds is 3. The zero-order chi connectivity index (χ0) is 17.3. The first-order chi connectivity index (χ1) is 11.3. The van der Waals surface area contributed by atoms with Crippen molar-refractivity contribution in [3.05, 3.63) is 65.9 Å². The molecule has 0 aliphatic heterocycles. The summed E-state index contributed by atoms with van der Waals surface area (Å²) in [5, 5.41) is 1.96. The number of nitrogens with zero attached hydrogens (tertiary/aromatic N) is 3. The highest BCUT2D eigenvalue weighted by Gasteiger charge is 2.43. The molecule has 0 saturated carbocycles. The Bertz CT molecular complexity index is 874. The van der Waals surface area contributed by atoms with E-state index in [2.05, 4.69) is 9.97 Å². The molecule has 3 aromatic heterocycles. The summed E-state index contributed by atoms with van der Waals surface area (Å²) in [6.45, 7) is 1.86. The Morgan fingerprint density at radius 1 is 1.21 bits per heavy atom. The SMILES string of the molecule is Cc1ccc2nc(C(=O)N[C@@H](c3ccccn3)C(F)(F)F)cn2c1. The first kappa shape index (κ1) is 16.0. The number of fused-ring (bicyclic) bond motifs is 1. The fourth-order valence-corrected chi connectivity index (χ4v) is 2.29. The van der Waals surface area contributed by atoms with Crippen LogP contribution in [0.3, 0.4) is 0 Å². The van der Waals surface area contributed by atoms with Crippen LogP contribution in [-0.2, 0) is 0 Å². The van der Waals surface area contributed by atoms with Crippen molar-refractivity contribution < 1.29 is 18.0 Å². The Kier molecular flexibility index (Phi) is 3.96. The summed E-state index contributed by atoms with van der Waals surface area (Å²) < 4.78 is 41.4. The molecule has 3 heterocycles. The van der Waals surface area contributed by atoms with E-state index in [1.165, 1.54) is 30.6 Å². The molecule has 0 aliphatic rings. The molecule has 24 heavy (non-hydrogen) atoms.